The van der Waals surface area contributed by atoms with E-state index in [-0.39, 0.29) is 5.82 Å². The van der Waals surface area contributed by atoms with Gasteiger partial charge in [-0.1, -0.05) is 0 Å². The van der Waals surface area contributed by atoms with E-state index in [1.807, 2.05) is 0 Å². The van der Waals surface area contributed by atoms with E-state index in [4.69, 9.17) is 5.11 Å². The Labute approximate surface area is 61.0 Å². The van der Waals surface area contributed by atoms with Crippen molar-refractivity contribution in [3.63, 3.8) is 0 Å². The Morgan fingerprint density at radius 1 is 1.82 bits per heavy atom. The molecule has 11 heavy (non-hydrogen) atoms. The third-order valence-electron chi connectivity index (χ3n) is 1.05. The van der Waals surface area contributed by atoms with Crippen molar-refractivity contribution >= 4 is 5.91 Å². The van der Waals surface area contributed by atoms with Crippen LogP contribution in [-0.2, 0) is 6.61 Å². The quantitative estimate of drug-likeness (QED) is 0.565. The van der Waals surface area contributed by atoms with Crippen molar-refractivity contribution in [1.82, 2.24) is 9.72 Å². The van der Waals surface area contributed by atoms with Gasteiger partial charge in [0.1, 0.15) is 6.61 Å². The molecular formula is C5H6N2O4. The molecule has 1 rings (SSSR count). The average molecular weight is 158 g/mol. The first-order valence-corrected chi connectivity index (χ1v) is 2.86. The van der Waals surface area contributed by atoms with Gasteiger partial charge in [0, 0.05) is 6.92 Å². The largest absolute Gasteiger partial charge is 0.460 e. The molecule has 60 valence electrons. The Hall–Kier alpha value is -1.43. The first-order chi connectivity index (χ1) is 5.15. The number of aliphatic hydroxyl groups is 1. The van der Waals surface area contributed by atoms with Gasteiger partial charge in [0.2, 0.25) is 0 Å². The molecule has 1 N–H and O–H groups in total. The molecule has 0 unspecified atom stereocenters. The minimum atomic E-state index is -0.885. The summed E-state index contributed by atoms with van der Waals surface area (Å²) < 4.78 is 4.96. The minimum absolute atomic E-state index is 0.0810. The van der Waals surface area contributed by atoms with Crippen molar-refractivity contribution in [1.29, 1.82) is 0 Å². The molecular weight excluding hydrogens is 152 g/mol. The van der Waals surface area contributed by atoms with Gasteiger partial charge >= 0.3 is 5.76 Å². The van der Waals surface area contributed by atoms with Crippen molar-refractivity contribution in [2.24, 2.45) is 0 Å². The molecule has 0 amide bonds. The molecule has 0 aliphatic carbocycles. The lowest BCUT2D eigenvalue weighted by atomic mass is 10.6. The van der Waals surface area contributed by atoms with E-state index in [1.165, 1.54) is 6.92 Å². The number of carbonyl (C=O) groups is 1. The molecule has 1 heterocycles. The SMILES string of the molecule is CC(=O)n1oc(=O)nc1CO. The van der Waals surface area contributed by atoms with Gasteiger partial charge in [-0.15, -0.1) is 4.74 Å². The number of rotatable bonds is 1. The van der Waals surface area contributed by atoms with Crippen LogP contribution < -0.4 is 5.76 Å². The summed E-state index contributed by atoms with van der Waals surface area (Å²) >= 11 is 0. The molecule has 0 atom stereocenters. The predicted molar refractivity (Wildman–Crippen MR) is 33.0 cm³/mol. The van der Waals surface area contributed by atoms with E-state index < -0.39 is 18.3 Å². The zero-order valence-electron chi connectivity index (χ0n) is 5.77. The van der Waals surface area contributed by atoms with Crippen LogP contribution in [0.2, 0.25) is 0 Å². The van der Waals surface area contributed by atoms with Gasteiger partial charge in [-0.05, 0) is 0 Å². The first-order valence-electron chi connectivity index (χ1n) is 2.86. The highest BCUT2D eigenvalue weighted by molar-refractivity contribution is 5.74. The van der Waals surface area contributed by atoms with Crippen LogP contribution in [0.15, 0.2) is 9.32 Å². The summed E-state index contributed by atoms with van der Waals surface area (Å²) in [5.74, 6) is -1.46. The lowest BCUT2D eigenvalue weighted by Crippen LogP contribution is -2.08. The van der Waals surface area contributed by atoms with Gasteiger partial charge in [0.25, 0.3) is 5.91 Å². The predicted octanol–water partition coefficient (Wildman–Crippen LogP) is -1.01. The summed E-state index contributed by atoms with van der Waals surface area (Å²) in [5.41, 5.74) is 0. The van der Waals surface area contributed by atoms with Crippen LogP contribution in [0.5, 0.6) is 0 Å². The highest BCUT2D eigenvalue weighted by Gasteiger charge is 2.10. The highest BCUT2D eigenvalue weighted by Crippen LogP contribution is 1.91. The summed E-state index contributed by atoms with van der Waals surface area (Å²) in [6, 6.07) is 0. The Morgan fingerprint density at radius 2 is 2.45 bits per heavy atom. The monoisotopic (exact) mass is 158 g/mol. The maximum absolute atomic E-state index is 10.6. The number of hydrogen-bond acceptors (Lipinski definition) is 5. The molecule has 0 saturated carbocycles. The molecule has 1 aromatic rings. The lowest BCUT2D eigenvalue weighted by molar-refractivity contribution is 0.0791. The number of aromatic nitrogens is 2. The van der Waals surface area contributed by atoms with Crippen LogP contribution in [0.4, 0.5) is 0 Å². The number of nitrogens with zero attached hydrogens (tertiary/aromatic N) is 2. The third-order valence-corrected chi connectivity index (χ3v) is 1.05. The molecule has 6 nitrogen and oxygen atoms in total. The van der Waals surface area contributed by atoms with Gasteiger partial charge in [0.15, 0.2) is 5.82 Å². The Morgan fingerprint density at radius 3 is 2.82 bits per heavy atom. The zero-order valence-corrected chi connectivity index (χ0v) is 5.77. The van der Waals surface area contributed by atoms with Crippen LogP contribution in [0, 0.1) is 0 Å². The molecule has 0 aliphatic heterocycles. The molecule has 0 spiro atoms. The van der Waals surface area contributed by atoms with Crippen LogP contribution >= 0.6 is 0 Å². The Balaban J connectivity index is 3.23. The average Bonchev–Trinajstić information content (AvgIpc) is 2.30. The molecule has 0 aliphatic rings. The van der Waals surface area contributed by atoms with E-state index in [2.05, 4.69) is 9.51 Å². The van der Waals surface area contributed by atoms with Crippen LogP contribution in [-0.4, -0.2) is 20.7 Å². The molecule has 6 heteroatoms. The van der Waals surface area contributed by atoms with E-state index in [9.17, 15) is 9.59 Å². The smallest absolute Gasteiger partial charge is 0.388 e. The summed E-state index contributed by atoms with van der Waals surface area (Å²) in [6.45, 7) is 0.703. The summed E-state index contributed by atoms with van der Waals surface area (Å²) in [7, 11) is 0. The van der Waals surface area contributed by atoms with E-state index in [0.29, 0.717) is 4.74 Å². The normalized spacial score (nSPS) is 10.0. The Bertz CT molecular complexity index is 323. The molecule has 0 aromatic carbocycles. The molecule has 0 radical (unpaired) electrons. The van der Waals surface area contributed by atoms with Gasteiger partial charge in [-0.3, -0.25) is 4.79 Å². The van der Waals surface area contributed by atoms with Gasteiger partial charge in [0.05, 0.1) is 0 Å². The number of aliphatic hydroxyl groups excluding tert-OH is 1. The van der Waals surface area contributed by atoms with Crippen molar-refractivity contribution < 1.29 is 14.4 Å². The summed E-state index contributed by atoms with van der Waals surface area (Å²) in [5, 5.41) is 8.55. The van der Waals surface area contributed by atoms with Crippen molar-refractivity contribution in [3.05, 3.63) is 16.4 Å². The second-order valence-electron chi connectivity index (χ2n) is 1.86. The van der Waals surface area contributed by atoms with Gasteiger partial charge in [-0.25, -0.2) is 4.79 Å². The maximum Gasteiger partial charge on any atom is 0.460 e. The topological polar surface area (TPSA) is 85.3 Å². The first kappa shape index (κ1) is 7.67. The second-order valence-corrected chi connectivity index (χ2v) is 1.86. The van der Waals surface area contributed by atoms with E-state index in [0.717, 1.165) is 0 Å². The van der Waals surface area contributed by atoms with Gasteiger partial charge < -0.3 is 9.63 Å². The molecule has 0 fully saturated rings. The highest BCUT2D eigenvalue weighted by atomic mass is 16.5. The van der Waals surface area contributed by atoms with Gasteiger partial charge in [-0.2, -0.15) is 4.98 Å². The van der Waals surface area contributed by atoms with Crippen molar-refractivity contribution in [2.45, 2.75) is 13.5 Å². The van der Waals surface area contributed by atoms with E-state index >= 15 is 0 Å². The Kier molecular flexibility index (Phi) is 1.86. The molecule has 0 bridgehead atoms. The number of hydrogen-bond donors (Lipinski definition) is 1. The van der Waals surface area contributed by atoms with Crippen molar-refractivity contribution in [2.75, 3.05) is 0 Å². The van der Waals surface area contributed by atoms with Crippen LogP contribution in [0.25, 0.3) is 0 Å². The summed E-state index contributed by atoms with van der Waals surface area (Å²) in [6.07, 6.45) is 0. The zero-order chi connectivity index (χ0) is 8.43. The molecule has 1 aromatic heterocycles. The summed E-state index contributed by atoms with van der Waals surface area (Å²) in [4.78, 5) is 24.3. The fourth-order valence-electron chi connectivity index (χ4n) is 0.648. The standard InChI is InChI=1S/C5H6N2O4/c1-3(9)7-4(2-8)6-5(10)11-7/h8H,2H2,1H3. The fraction of sp³-hybridized carbons (Fsp3) is 0.400. The second kappa shape index (κ2) is 2.67. The van der Waals surface area contributed by atoms with E-state index in [1.54, 1.807) is 0 Å². The van der Waals surface area contributed by atoms with Crippen LogP contribution in [0.1, 0.15) is 17.5 Å². The van der Waals surface area contributed by atoms with Crippen LogP contribution in [0.3, 0.4) is 0 Å². The number of carbonyl (C=O) groups excluding carboxylic acids is 1. The third kappa shape index (κ3) is 1.35. The van der Waals surface area contributed by atoms with Crippen molar-refractivity contribution in [3.8, 4) is 0 Å². The fourth-order valence-corrected chi connectivity index (χ4v) is 0.648. The molecule has 0 saturated heterocycles. The minimum Gasteiger partial charge on any atom is -0.388 e. The lowest BCUT2D eigenvalue weighted by Gasteiger charge is -1.93. The maximum atomic E-state index is 10.6.